The highest BCUT2D eigenvalue weighted by Gasteiger charge is 2.25. The summed E-state index contributed by atoms with van der Waals surface area (Å²) < 4.78 is 29.7. The van der Waals surface area contributed by atoms with Crippen molar-refractivity contribution in [2.75, 3.05) is 5.75 Å². The first-order valence-electron chi connectivity index (χ1n) is 4.03. The second kappa shape index (κ2) is 4.56. The lowest BCUT2D eigenvalue weighted by molar-refractivity contribution is -0.121. The summed E-state index contributed by atoms with van der Waals surface area (Å²) in [4.78, 5) is 11.1. The summed E-state index contributed by atoms with van der Waals surface area (Å²) in [6.07, 6.45) is 1.54. The van der Waals surface area contributed by atoms with E-state index in [0.29, 0.717) is 0 Å². The minimum atomic E-state index is -4.08. The van der Waals surface area contributed by atoms with E-state index in [1.807, 2.05) is 0 Å². The highest BCUT2D eigenvalue weighted by Crippen LogP contribution is 2.05. The number of hydrogen-bond donors (Lipinski definition) is 2. The maximum atomic E-state index is 11.1. The third-order valence-corrected chi connectivity index (χ3v) is 2.44. The number of nitrogens with one attached hydrogen (secondary N) is 1. The minimum absolute atomic E-state index is 0.120. The van der Waals surface area contributed by atoms with Gasteiger partial charge in [-0.15, -0.1) is 6.58 Å². The Bertz CT molecular complexity index is 318. The fraction of sp³-hybridized carbons (Fsp3) is 0.625. The van der Waals surface area contributed by atoms with Crippen molar-refractivity contribution in [1.82, 2.24) is 5.32 Å². The van der Waals surface area contributed by atoms with Crippen LogP contribution in [-0.4, -0.2) is 30.2 Å². The molecule has 0 unspecified atom stereocenters. The summed E-state index contributed by atoms with van der Waals surface area (Å²) >= 11 is 0. The van der Waals surface area contributed by atoms with E-state index >= 15 is 0 Å². The van der Waals surface area contributed by atoms with E-state index in [9.17, 15) is 13.2 Å². The molecule has 0 atom stereocenters. The fourth-order valence-electron chi connectivity index (χ4n) is 1.05. The maximum Gasteiger partial charge on any atom is 0.267 e. The average molecular weight is 221 g/mol. The van der Waals surface area contributed by atoms with Crippen LogP contribution in [0, 0.1) is 0 Å². The molecule has 2 N–H and O–H groups in total. The lowest BCUT2D eigenvalue weighted by Crippen LogP contribution is -2.48. The molecule has 0 aromatic heterocycles. The Labute approximate surface area is 83.9 Å². The molecule has 0 aliphatic heterocycles. The Morgan fingerprint density at radius 3 is 2.43 bits per heavy atom. The van der Waals surface area contributed by atoms with Gasteiger partial charge in [0.2, 0.25) is 5.91 Å². The number of amides is 1. The standard InChI is InChI=1S/C8H15NO4S/c1-4-5-7(10)9-8(2,3)6-14(11,12)13/h4H,1,5-6H2,2-3H3,(H,9,10)(H,11,12,13). The van der Waals surface area contributed by atoms with E-state index < -0.39 is 21.4 Å². The van der Waals surface area contributed by atoms with E-state index in [0.717, 1.165) is 0 Å². The smallest absolute Gasteiger partial charge is 0.267 e. The zero-order valence-corrected chi connectivity index (χ0v) is 9.10. The van der Waals surface area contributed by atoms with Crippen molar-refractivity contribution in [3.63, 3.8) is 0 Å². The van der Waals surface area contributed by atoms with Crippen molar-refractivity contribution < 1.29 is 17.8 Å². The lowest BCUT2D eigenvalue weighted by atomic mass is 10.1. The van der Waals surface area contributed by atoms with Crippen LogP contribution in [0.15, 0.2) is 12.7 Å². The largest absolute Gasteiger partial charge is 0.350 e. The molecule has 0 fully saturated rings. The second-order valence-corrected chi connectivity index (χ2v) is 5.10. The van der Waals surface area contributed by atoms with Gasteiger partial charge in [-0.05, 0) is 13.8 Å². The SMILES string of the molecule is C=CCC(=O)NC(C)(C)CS(=O)(=O)O. The van der Waals surface area contributed by atoms with Gasteiger partial charge in [0.25, 0.3) is 10.1 Å². The lowest BCUT2D eigenvalue weighted by Gasteiger charge is -2.24. The van der Waals surface area contributed by atoms with Gasteiger partial charge in [-0.3, -0.25) is 9.35 Å². The van der Waals surface area contributed by atoms with E-state index in [4.69, 9.17) is 4.55 Å². The number of carbonyl (C=O) groups is 1. The summed E-state index contributed by atoms with van der Waals surface area (Å²) in [5, 5.41) is 2.46. The molecule has 0 heterocycles. The molecule has 5 nitrogen and oxygen atoms in total. The molecular formula is C8H15NO4S. The van der Waals surface area contributed by atoms with Crippen LogP contribution in [0.1, 0.15) is 20.3 Å². The van der Waals surface area contributed by atoms with Crippen molar-refractivity contribution >= 4 is 16.0 Å². The number of hydrogen-bond acceptors (Lipinski definition) is 3. The Hall–Kier alpha value is -0.880. The molecule has 0 aliphatic carbocycles. The maximum absolute atomic E-state index is 11.1. The average Bonchev–Trinajstić information content (AvgIpc) is 1.78. The molecule has 1 amide bonds. The van der Waals surface area contributed by atoms with Crippen LogP contribution in [0.4, 0.5) is 0 Å². The van der Waals surface area contributed by atoms with Crippen molar-refractivity contribution in [2.45, 2.75) is 25.8 Å². The molecule has 82 valence electrons. The predicted molar refractivity (Wildman–Crippen MR) is 53.5 cm³/mol. The van der Waals surface area contributed by atoms with Gasteiger partial charge in [0.1, 0.15) is 0 Å². The molecule has 14 heavy (non-hydrogen) atoms. The third kappa shape index (κ3) is 6.62. The molecule has 6 heteroatoms. The number of rotatable bonds is 5. The monoisotopic (exact) mass is 221 g/mol. The molecule has 0 saturated heterocycles. The summed E-state index contributed by atoms with van der Waals surface area (Å²) in [6, 6.07) is 0. The molecule has 0 aliphatic rings. The molecule has 0 bridgehead atoms. The quantitative estimate of drug-likeness (QED) is 0.518. The Kier molecular flexibility index (Phi) is 4.28. The first-order chi connectivity index (χ1) is 6.16. The zero-order valence-electron chi connectivity index (χ0n) is 8.28. The Balaban J connectivity index is 4.34. The van der Waals surface area contributed by atoms with Gasteiger partial charge in [-0.1, -0.05) is 6.08 Å². The van der Waals surface area contributed by atoms with E-state index in [1.165, 1.54) is 19.9 Å². The summed E-state index contributed by atoms with van der Waals surface area (Å²) in [5.41, 5.74) is -0.978. The summed E-state index contributed by atoms with van der Waals surface area (Å²) in [6.45, 7) is 6.41. The summed E-state index contributed by atoms with van der Waals surface area (Å²) in [5.74, 6) is -0.836. The van der Waals surface area contributed by atoms with Gasteiger partial charge >= 0.3 is 0 Å². The van der Waals surface area contributed by atoms with E-state index in [2.05, 4.69) is 11.9 Å². The van der Waals surface area contributed by atoms with Crippen LogP contribution in [0.2, 0.25) is 0 Å². The van der Waals surface area contributed by atoms with Crippen LogP contribution in [-0.2, 0) is 14.9 Å². The molecule has 0 rings (SSSR count). The molecular weight excluding hydrogens is 206 g/mol. The van der Waals surface area contributed by atoms with Crippen LogP contribution in [0.25, 0.3) is 0 Å². The number of carbonyl (C=O) groups excluding carboxylic acids is 1. The topological polar surface area (TPSA) is 83.5 Å². The highest BCUT2D eigenvalue weighted by atomic mass is 32.2. The van der Waals surface area contributed by atoms with Gasteiger partial charge in [0, 0.05) is 6.42 Å². The first-order valence-corrected chi connectivity index (χ1v) is 5.64. The molecule has 0 radical (unpaired) electrons. The van der Waals surface area contributed by atoms with Crippen LogP contribution in [0.5, 0.6) is 0 Å². The van der Waals surface area contributed by atoms with Crippen molar-refractivity contribution in [3.05, 3.63) is 12.7 Å². The van der Waals surface area contributed by atoms with Crippen molar-refractivity contribution in [3.8, 4) is 0 Å². The molecule has 0 aromatic rings. The predicted octanol–water partition coefficient (Wildman–Crippen LogP) is 0.345. The third-order valence-electron chi connectivity index (χ3n) is 1.35. The van der Waals surface area contributed by atoms with Crippen LogP contribution >= 0.6 is 0 Å². The van der Waals surface area contributed by atoms with Gasteiger partial charge in [0.05, 0.1) is 11.3 Å². The van der Waals surface area contributed by atoms with Gasteiger partial charge in [-0.25, -0.2) is 0 Å². The van der Waals surface area contributed by atoms with E-state index in [1.54, 1.807) is 0 Å². The normalized spacial score (nSPS) is 12.2. The highest BCUT2D eigenvalue weighted by molar-refractivity contribution is 7.85. The zero-order chi connectivity index (χ0) is 11.4. The van der Waals surface area contributed by atoms with Gasteiger partial charge in [-0.2, -0.15) is 8.42 Å². The van der Waals surface area contributed by atoms with Gasteiger partial charge < -0.3 is 5.32 Å². The molecule has 0 aromatic carbocycles. The minimum Gasteiger partial charge on any atom is -0.350 e. The first kappa shape index (κ1) is 13.1. The molecule has 0 saturated carbocycles. The van der Waals surface area contributed by atoms with Crippen LogP contribution in [0.3, 0.4) is 0 Å². The fourth-order valence-corrected chi connectivity index (χ4v) is 2.04. The van der Waals surface area contributed by atoms with Gasteiger partial charge in [0.15, 0.2) is 0 Å². The Morgan fingerprint density at radius 1 is 1.57 bits per heavy atom. The molecule has 0 spiro atoms. The van der Waals surface area contributed by atoms with Crippen LogP contribution < -0.4 is 5.32 Å². The van der Waals surface area contributed by atoms with Crippen molar-refractivity contribution in [1.29, 1.82) is 0 Å². The van der Waals surface area contributed by atoms with Crippen molar-refractivity contribution in [2.24, 2.45) is 0 Å². The van der Waals surface area contributed by atoms with E-state index in [-0.39, 0.29) is 12.3 Å². The Morgan fingerprint density at radius 2 is 2.07 bits per heavy atom. The summed E-state index contributed by atoms with van der Waals surface area (Å²) in [7, 11) is -4.08. The second-order valence-electron chi connectivity index (χ2n) is 3.65.